The van der Waals surface area contributed by atoms with Gasteiger partial charge in [0.2, 0.25) is 5.91 Å². The summed E-state index contributed by atoms with van der Waals surface area (Å²) >= 11 is 6.00. The minimum Gasteiger partial charge on any atom is -0.393 e. The van der Waals surface area contributed by atoms with Crippen molar-refractivity contribution in [1.82, 2.24) is 5.32 Å². The molecule has 0 bridgehead atoms. The molecule has 2 aliphatic rings. The summed E-state index contributed by atoms with van der Waals surface area (Å²) in [5.74, 6) is 0.559. The van der Waals surface area contributed by atoms with Crippen LogP contribution in [0.1, 0.15) is 56.9 Å². The van der Waals surface area contributed by atoms with Crippen molar-refractivity contribution in [2.75, 3.05) is 6.54 Å². The molecule has 0 radical (unpaired) electrons. The van der Waals surface area contributed by atoms with Gasteiger partial charge < -0.3 is 10.4 Å². The van der Waals surface area contributed by atoms with Gasteiger partial charge in [0, 0.05) is 11.6 Å². The van der Waals surface area contributed by atoms with Crippen LogP contribution in [0.15, 0.2) is 24.3 Å². The number of carbonyl (C=O) groups is 1. The van der Waals surface area contributed by atoms with Crippen molar-refractivity contribution in [1.29, 1.82) is 0 Å². The molecule has 1 aromatic carbocycles. The molecule has 3 rings (SSSR count). The highest BCUT2D eigenvalue weighted by atomic mass is 35.5. The van der Waals surface area contributed by atoms with Gasteiger partial charge in [-0.05, 0) is 55.7 Å². The van der Waals surface area contributed by atoms with Crippen LogP contribution in [0.4, 0.5) is 0 Å². The number of carbonyl (C=O) groups excluding carboxylic acids is 1. The third kappa shape index (κ3) is 3.72. The van der Waals surface area contributed by atoms with Crippen LogP contribution in [-0.2, 0) is 10.2 Å². The van der Waals surface area contributed by atoms with Gasteiger partial charge in [-0.1, -0.05) is 43.0 Å². The molecule has 0 heterocycles. The van der Waals surface area contributed by atoms with Crippen LogP contribution in [0.2, 0.25) is 5.02 Å². The average Bonchev–Trinajstić information content (AvgIpc) is 3.04. The molecule has 0 spiro atoms. The number of amides is 1. The van der Waals surface area contributed by atoms with E-state index >= 15 is 0 Å². The second-order valence-electron chi connectivity index (χ2n) is 7.19. The molecule has 2 N–H and O–H groups in total. The molecule has 0 aromatic heterocycles. The number of aliphatic hydroxyl groups excluding tert-OH is 1. The Bertz CT molecular complexity index is 537. The second kappa shape index (κ2) is 7.23. The van der Waals surface area contributed by atoms with E-state index in [0.29, 0.717) is 17.5 Å². The van der Waals surface area contributed by atoms with Crippen molar-refractivity contribution in [3.8, 4) is 0 Å². The molecule has 1 aromatic rings. The molecule has 2 fully saturated rings. The summed E-state index contributed by atoms with van der Waals surface area (Å²) in [5, 5.41) is 13.7. The average molecular weight is 336 g/mol. The molecule has 2 aliphatic carbocycles. The van der Waals surface area contributed by atoms with Gasteiger partial charge in [-0.2, -0.15) is 0 Å². The third-order valence-electron chi connectivity index (χ3n) is 5.59. The van der Waals surface area contributed by atoms with Crippen LogP contribution in [0.3, 0.4) is 0 Å². The highest BCUT2D eigenvalue weighted by Crippen LogP contribution is 2.41. The number of aliphatic hydroxyl groups is 1. The van der Waals surface area contributed by atoms with Gasteiger partial charge in [0.05, 0.1) is 11.5 Å². The van der Waals surface area contributed by atoms with Crippen molar-refractivity contribution in [3.05, 3.63) is 34.9 Å². The van der Waals surface area contributed by atoms with E-state index in [1.54, 1.807) is 0 Å². The van der Waals surface area contributed by atoms with Crippen molar-refractivity contribution in [2.45, 2.75) is 62.9 Å². The number of hydrogen-bond donors (Lipinski definition) is 2. The maximum absolute atomic E-state index is 13.0. The number of hydrogen-bond acceptors (Lipinski definition) is 2. The summed E-state index contributed by atoms with van der Waals surface area (Å²) in [6.07, 6.45) is 7.70. The molecule has 2 atom stereocenters. The molecular formula is C19H26ClNO2. The predicted molar refractivity (Wildman–Crippen MR) is 92.6 cm³/mol. The lowest BCUT2D eigenvalue weighted by molar-refractivity contribution is -0.127. The van der Waals surface area contributed by atoms with E-state index in [4.69, 9.17) is 11.6 Å². The van der Waals surface area contributed by atoms with Gasteiger partial charge in [-0.15, -0.1) is 0 Å². The summed E-state index contributed by atoms with van der Waals surface area (Å²) in [5.41, 5.74) is 0.693. The Morgan fingerprint density at radius 3 is 2.52 bits per heavy atom. The molecular weight excluding hydrogens is 310 g/mol. The molecule has 0 saturated heterocycles. The highest BCUT2D eigenvalue weighted by Gasteiger charge is 2.42. The van der Waals surface area contributed by atoms with Crippen molar-refractivity contribution < 1.29 is 9.90 Å². The van der Waals surface area contributed by atoms with Gasteiger partial charge in [-0.3, -0.25) is 4.79 Å². The SMILES string of the molecule is O=C(NCC1CCCC(O)C1)C1(c2ccc(Cl)cc2)CCCC1. The fourth-order valence-electron chi connectivity index (χ4n) is 4.25. The smallest absolute Gasteiger partial charge is 0.230 e. The Morgan fingerprint density at radius 1 is 1.17 bits per heavy atom. The lowest BCUT2D eigenvalue weighted by Crippen LogP contribution is -2.44. The van der Waals surface area contributed by atoms with Crippen LogP contribution in [0.5, 0.6) is 0 Å². The van der Waals surface area contributed by atoms with Crippen LogP contribution in [0, 0.1) is 5.92 Å². The Balaban J connectivity index is 1.68. The molecule has 4 heteroatoms. The van der Waals surface area contributed by atoms with E-state index in [1.165, 1.54) is 0 Å². The Kier molecular flexibility index (Phi) is 5.27. The standard InChI is InChI=1S/C19H26ClNO2/c20-16-8-6-15(7-9-16)19(10-1-2-11-19)18(23)21-13-14-4-3-5-17(22)12-14/h6-9,14,17,22H,1-5,10-13H2,(H,21,23). The van der Waals surface area contributed by atoms with E-state index in [-0.39, 0.29) is 12.0 Å². The monoisotopic (exact) mass is 335 g/mol. The summed E-state index contributed by atoms with van der Waals surface area (Å²) in [6.45, 7) is 0.686. The van der Waals surface area contributed by atoms with Crippen molar-refractivity contribution >= 4 is 17.5 Å². The summed E-state index contributed by atoms with van der Waals surface area (Å²) in [4.78, 5) is 13.0. The van der Waals surface area contributed by atoms with E-state index in [9.17, 15) is 9.90 Å². The fraction of sp³-hybridized carbons (Fsp3) is 0.632. The predicted octanol–water partition coefficient (Wildman–Crippen LogP) is 3.82. The zero-order valence-corrected chi connectivity index (χ0v) is 14.3. The first-order chi connectivity index (χ1) is 11.1. The quantitative estimate of drug-likeness (QED) is 0.878. The van der Waals surface area contributed by atoms with Crippen LogP contribution in [-0.4, -0.2) is 23.7 Å². The zero-order valence-electron chi connectivity index (χ0n) is 13.6. The first-order valence-electron chi connectivity index (χ1n) is 8.82. The summed E-state index contributed by atoms with van der Waals surface area (Å²) < 4.78 is 0. The van der Waals surface area contributed by atoms with Gasteiger partial charge in [0.1, 0.15) is 0 Å². The Labute approximate surface area is 143 Å². The van der Waals surface area contributed by atoms with E-state index in [1.807, 2.05) is 24.3 Å². The summed E-state index contributed by atoms with van der Waals surface area (Å²) in [7, 11) is 0. The van der Waals surface area contributed by atoms with E-state index < -0.39 is 5.41 Å². The van der Waals surface area contributed by atoms with Gasteiger partial charge >= 0.3 is 0 Å². The first-order valence-corrected chi connectivity index (χ1v) is 9.20. The minimum absolute atomic E-state index is 0.150. The molecule has 2 unspecified atom stereocenters. The number of nitrogens with one attached hydrogen (secondary N) is 1. The molecule has 23 heavy (non-hydrogen) atoms. The first kappa shape index (κ1) is 16.8. The van der Waals surface area contributed by atoms with Crippen molar-refractivity contribution in [2.24, 2.45) is 5.92 Å². The molecule has 126 valence electrons. The lowest BCUT2D eigenvalue weighted by atomic mass is 9.77. The maximum atomic E-state index is 13.0. The second-order valence-corrected chi connectivity index (χ2v) is 7.63. The van der Waals surface area contributed by atoms with Crippen LogP contribution < -0.4 is 5.32 Å². The van der Waals surface area contributed by atoms with Crippen molar-refractivity contribution in [3.63, 3.8) is 0 Å². The Hall–Kier alpha value is -1.06. The normalized spacial score (nSPS) is 26.9. The molecule has 2 saturated carbocycles. The van der Waals surface area contributed by atoms with Crippen LogP contribution in [0.25, 0.3) is 0 Å². The van der Waals surface area contributed by atoms with E-state index in [0.717, 1.165) is 56.9 Å². The molecule has 1 amide bonds. The lowest BCUT2D eigenvalue weighted by Gasteiger charge is -2.31. The zero-order chi connectivity index (χ0) is 16.3. The minimum atomic E-state index is -0.391. The van der Waals surface area contributed by atoms with Gasteiger partial charge in [0.15, 0.2) is 0 Å². The number of halogens is 1. The topological polar surface area (TPSA) is 49.3 Å². The number of rotatable bonds is 4. The molecule has 3 nitrogen and oxygen atoms in total. The number of benzene rings is 1. The van der Waals surface area contributed by atoms with Gasteiger partial charge in [-0.25, -0.2) is 0 Å². The van der Waals surface area contributed by atoms with E-state index in [2.05, 4.69) is 5.32 Å². The van der Waals surface area contributed by atoms with Gasteiger partial charge in [0.25, 0.3) is 0 Å². The third-order valence-corrected chi connectivity index (χ3v) is 5.85. The molecule has 0 aliphatic heterocycles. The maximum Gasteiger partial charge on any atom is 0.230 e. The highest BCUT2D eigenvalue weighted by molar-refractivity contribution is 6.30. The summed E-state index contributed by atoms with van der Waals surface area (Å²) in [6, 6.07) is 7.75. The Morgan fingerprint density at radius 2 is 1.87 bits per heavy atom. The van der Waals surface area contributed by atoms with Crippen LogP contribution >= 0.6 is 11.6 Å². The fourth-order valence-corrected chi connectivity index (χ4v) is 4.37. The largest absolute Gasteiger partial charge is 0.393 e.